The number of carbonyl (C=O) groups is 1. The molecule has 0 fully saturated rings. The van der Waals surface area contributed by atoms with Crippen molar-refractivity contribution in [3.8, 4) is 0 Å². The van der Waals surface area contributed by atoms with Gasteiger partial charge in [0.15, 0.2) is 0 Å². The first-order valence-electron chi connectivity index (χ1n) is 5.54. The van der Waals surface area contributed by atoms with Gasteiger partial charge in [-0.3, -0.25) is 4.79 Å². The number of hydrogen-bond acceptors (Lipinski definition) is 3. The van der Waals surface area contributed by atoms with E-state index in [4.69, 9.17) is 4.74 Å². The molecule has 0 aromatic carbocycles. The molecule has 0 heterocycles. The molecule has 15 heavy (non-hydrogen) atoms. The third kappa shape index (κ3) is 3.67. The van der Waals surface area contributed by atoms with Gasteiger partial charge in [0.25, 0.3) is 0 Å². The Morgan fingerprint density at radius 2 is 2.27 bits per heavy atom. The quantitative estimate of drug-likeness (QED) is 0.570. The molecule has 3 heteroatoms. The summed E-state index contributed by atoms with van der Waals surface area (Å²) in [5, 5.41) is 3.27. The second-order valence-electron chi connectivity index (χ2n) is 4.65. The predicted octanol–water partition coefficient (Wildman–Crippen LogP) is 1.88. The second-order valence-corrected chi connectivity index (χ2v) is 4.65. The van der Waals surface area contributed by atoms with Crippen molar-refractivity contribution in [2.45, 2.75) is 38.6 Å². The third-order valence-electron chi connectivity index (χ3n) is 2.91. The van der Waals surface area contributed by atoms with E-state index in [-0.39, 0.29) is 5.97 Å². The fourth-order valence-corrected chi connectivity index (χ4v) is 1.77. The minimum Gasteiger partial charge on any atom is -0.468 e. The average molecular weight is 211 g/mol. The molecule has 0 amide bonds. The van der Waals surface area contributed by atoms with Gasteiger partial charge in [-0.1, -0.05) is 12.2 Å². The summed E-state index contributed by atoms with van der Waals surface area (Å²) in [5.41, 5.74) is -0.574. The van der Waals surface area contributed by atoms with Crippen LogP contribution in [0, 0.1) is 5.92 Å². The number of nitrogens with one attached hydrogen (secondary N) is 1. The van der Waals surface area contributed by atoms with Crippen molar-refractivity contribution in [1.82, 2.24) is 5.32 Å². The minimum atomic E-state index is -0.574. The molecule has 1 aliphatic carbocycles. The van der Waals surface area contributed by atoms with E-state index in [1.165, 1.54) is 13.5 Å². The maximum atomic E-state index is 11.4. The zero-order valence-electron chi connectivity index (χ0n) is 9.88. The summed E-state index contributed by atoms with van der Waals surface area (Å²) in [4.78, 5) is 11.4. The van der Waals surface area contributed by atoms with Crippen LogP contribution in [0.15, 0.2) is 12.2 Å². The van der Waals surface area contributed by atoms with Crippen LogP contribution in [-0.2, 0) is 9.53 Å². The first-order valence-corrected chi connectivity index (χ1v) is 5.54. The van der Waals surface area contributed by atoms with E-state index in [1.807, 2.05) is 13.8 Å². The lowest BCUT2D eigenvalue weighted by Gasteiger charge is -2.27. The van der Waals surface area contributed by atoms with Crippen molar-refractivity contribution in [1.29, 1.82) is 0 Å². The molecule has 0 bridgehead atoms. The maximum absolute atomic E-state index is 11.4. The molecular weight excluding hydrogens is 190 g/mol. The van der Waals surface area contributed by atoms with Gasteiger partial charge in [0, 0.05) is 0 Å². The molecule has 1 N–H and O–H groups in total. The van der Waals surface area contributed by atoms with Gasteiger partial charge in [0.05, 0.1) is 7.11 Å². The highest BCUT2D eigenvalue weighted by molar-refractivity contribution is 5.79. The monoisotopic (exact) mass is 211 g/mol. The van der Waals surface area contributed by atoms with E-state index in [0.717, 1.165) is 19.4 Å². The van der Waals surface area contributed by atoms with Crippen molar-refractivity contribution >= 4 is 5.97 Å². The van der Waals surface area contributed by atoms with Crippen LogP contribution in [0.3, 0.4) is 0 Å². The first-order chi connectivity index (χ1) is 7.06. The maximum Gasteiger partial charge on any atom is 0.325 e. The Bertz CT molecular complexity index is 246. The van der Waals surface area contributed by atoms with E-state index in [2.05, 4.69) is 17.5 Å². The number of methoxy groups -OCH3 is 1. The molecule has 0 spiro atoms. The van der Waals surface area contributed by atoms with Gasteiger partial charge in [-0.25, -0.2) is 0 Å². The van der Waals surface area contributed by atoms with Crippen molar-refractivity contribution in [3.05, 3.63) is 12.2 Å². The lowest BCUT2D eigenvalue weighted by Crippen LogP contribution is -2.49. The smallest absolute Gasteiger partial charge is 0.325 e. The summed E-state index contributed by atoms with van der Waals surface area (Å²) >= 11 is 0. The van der Waals surface area contributed by atoms with Gasteiger partial charge in [-0.15, -0.1) is 0 Å². The van der Waals surface area contributed by atoms with Crippen LogP contribution in [-0.4, -0.2) is 25.2 Å². The highest BCUT2D eigenvalue weighted by Gasteiger charge is 2.28. The van der Waals surface area contributed by atoms with Crippen molar-refractivity contribution < 1.29 is 9.53 Å². The van der Waals surface area contributed by atoms with Gasteiger partial charge in [-0.2, -0.15) is 0 Å². The van der Waals surface area contributed by atoms with Crippen LogP contribution in [0.4, 0.5) is 0 Å². The van der Waals surface area contributed by atoms with Gasteiger partial charge in [0.1, 0.15) is 5.54 Å². The Balaban J connectivity index is 2.35. The van der Waals surface area contributed by atoms with Gasteiger partial charge in [0.2, 0.25) is 0 Å². The number of hydrogen-bond donors (Lipinski definition) is 1. The molecule has 1 unspecified atom stereocenters. The Morgan fingerprint density at radius 3 is 2.80 bits per heavy atom. The molecular formula is C12H21NO2. The van der Waals surface area contributed by atoms with E-state index in [9.17, 15) is 4.79 Å². The predicted molar refractivity (Wildman–Crippen MR) is 60.6 cm³/mol. The van der Waals surface area contributed by atoms with E-state index in [1.54, 1.807) is 0 Å². The fourth-order valence-electron chi connectivity index (χ4n) is 1.77. The summed E-state index contributed by atoms with van der Waals surface area (Å²) in [5.74, 6) is 0.452. The number of rotatable bonds is 4. The third-order valence-corrected chi connectivity index (χ3v) is 2.91. The normalized spacial score (nSPS) is 21.4. The van der Waals surface area contributed by atoms with Crippen molar-refractivity contribution in [2.75, 3.05) is 13.7 Å². The first kappa shape index (κ1) is 12.2. The highest BCUT2D eigenvalue weighted by Crippen LogP contribution is 2.18. The van der Waals surface area contributed by atoms with Crippen LogP contribution in [0.1, 0.15) is 33.1 Å². The number of carbonyl (C=O) groups excluding carboxylic acids is 1. The molecule has 3 nitrogen and oxygen atoms in total. The average Bonchev–Trinajstić information content (AvgIpc) is 2.27. The SMILES string of the molecule is COC(=O)C(C)(C)NCC1CC=CCC1. The van der Waals surface area contributed by atoms with Gasteiger partial charge < -0.3 is 10.1 Å². The van der Waals surface area contributed by atoms with Crippen LogP contribution >= 0.6 is 0 Å². The summed E-state index contributed by atoms with van der Waals surface area (Å²) in [6.07, 6.45) is 7.93. The highest BCUT2D eigenvalue weighted by atomic mass is 16.5. The molecule has 1 aliphatic rings. The molecule has 1 atom stereocenters. The molecule has 0 aliphatic heterocycles. The topological polar surface area (TPSA) is 38.3 Å². The Kier molecular flexibility index (Phi) is 4.33. The molecule has 86 valence electrons. The van der Waals surface area contributed by atoms with Crippen LogP contribution in [0.25, 0.3) is 0 Å². The molecule has 0 aromatic rings. The Morgan fingerprint density at radius 1 is 1.53 bits per heavy atom. The van der Waals surface area contributed by atoms with Crippen LogP contribution in [0.5, 0.6) is 0 Å². The summed E-state index contributed by atoms with van der Waals surface area (Å²) in [6, 6.07) is 0. The lowest BCUT2D eigenvalue weighted by atomic mass is 9.93. The zero-order chi connectivity index (χ0) is 11.3. The molecule has 0 aromatic heterocycles. The van der Waals surface area contributed by atoms with Gasteiger partial charge in [-0.05, 0) is 45.6 Å². The molecule has 0 saturated heterocycles. The fraction of sp³-hybridized carbons (Fsp3) is 0.750. The Labute approximate surface area is 91.9 Å². The Hall–Kier alpha value is -0.830. The summed E-state index contributed by atoms with van der Waals surface area (Å²) < 4.78 is 4.74. The van der Waals surface area contributed by atoms with E-state index < -0.39 is 5.54 Å². The van der Waals surface area contributed by atoms with Crippen LogP contribution < -0.4 is 5.32 Å². The van der Waals surface area contributed by atoms with Gasteiger partial charge >= 0.3 is 5.97 Å². The van der Waals surface area contributed by atoms with Crippen molar-refractivity contribution in [2.24, 2.45) is 5.92 Å². The van der Waals surface area contributed by atoms with Crippen LogP contribution in [0.2, 0.25) is 0 Å². The molecule has 1 rings (SSSR count). The number of allylic oxidation sites excluding steroid dienone is 2. The minimum absolute atomic E-state index is 0.200. The van der Waals surface area contributed by atoms with Crippen molar-refractivity contribution in [3.63, 3.8) is 0 Å². The lowest BCUT2D eigenvalue weighted by molar-refractivity contribution is -0.147. The van der Waals surface area contributed by atoms with E-state index >= 15 is 0 Å². The zero-order valence-corrected chi connectivity index (χ0v) is 9.88. The standard InChI is InChI=1S/C12H21NO2/c1-12(2,11(14)15-3)13-9-10-7-5-4-6-8-10/h4-5,10,13H,6-9H2,1-3H3. The summed E-state index contributed by atoms with van der Waals surface area (Å²) in [6.45, 7) is 4.60. The number of esters is 1. The largest absolute Gasteiger partial charge is 0.468 e. The van der Waals surface area contributed by atoms with E-state index in [0.29, 0.717) is 5.92 Å². The number of ether oxygens (including phenoxy) is 1. The second kappa shape index (κ2) is 5.31. The molecule has 0 saturated carbocycles. The molecule has 0 radical (unpaired) electrons. The summed E-state index contributed by atoms with van der Waals surface area (Å²) in [7, 11) is 1.43.